The van der Waals surface area contributed by atoms with Gasteiger partial charge in [0.15, 0.2) is 5.92 Å². The van der Waals surface area contributed by atoms with E-state index in [0.29, 0.717) is 0 Å². The molecule has 0 aromatic rings. The van der Waals surface area contributed by atoms with Gasteiger partial charge in [0.1, 0.15) is 17.2 Å². The first-order valence-electron chi connectivity index (χ1n) is 7.06. The molecule has 0 aliphatic rings. The third kappa shape index (κ3) is 7.97. The third-order valence-corrected chi connectivity index (χ3v) is 2.38. The van der Waals surface area contributed by atoms with E-state index in [1.165, 1.54) is 7.11 Å². The van der Waals surface area contributed by atoms with E-state index in [1.54, 1.807) is 41.5 Å². The Kier molecular flexibility index (Phi) is 7.02. The largest absolute Gasteiger partial charge is 0.468 e. The van der Waals surface area contributed by atoms with E-state index in [0.717, 1.165) is 0 Å². The lowest BCUT2D eigenvalue weighted by molar-refractivity contribution is -0.175. The molecule has 0 amide bonds. The number of carbonyl (C=O) groups is 3. The standard InChI is InChI=1S/C15H27NO6/c1-14(2,3)21-11(17)9(8-10(16)13(19)20-7)12(18)22-15(4,5)6/h9-10H,8,16H2,1-7H3. The second-order valence-electron chi connectivity index (χ2n) is 6.98. The lowest BCUT2D eigenvalue weighted by atomic mass is 9.99. The highest BCUT2D eigenvalue weighted by Gasteiger charge is 2.37. The number of nitrogens with two attached hydrogens (primary N) is 1. The molecule has 1 unspecified atom stereocenters. The molecule has 7 heteroatoms. The summed E-state index contributed by atoms with van der Waals surface area (Å²) in [5.74, 6) is -3.55. The Bertz CT molecular complexity index is 391. The molecule has 0 rings (SSSR count). The van der Waals surface area contributed by atoms with Gasteiger partial charge in [0.25, 0.3) is 0 Å². The summed E-state index contributed by atoms with van der Waals surface area (Å²) >= 11 is 0. The fraction of sp³-hybridized carbons (Fsp3) is 0.800. The second-order valence-corrected chi connectivity index (χ2v) is 6.98. The minimum absolute atomic E-state index is 0.240. The third-order valence-electron chi connectivity index (χ3n) is 2.38. The maximum absolute atomic E-state index is 12.2. The molecule has 0 bridgehead atoms. The van der Waals surface area contributed by atoms with Gasteiger partial charge in [-0.15, -0.1) is 0 Å². The molecule has 0 saturated carbocycles. The van der Waals surface area contributed by atoms with E-state index in [4.69, 9.17) is 15.2 Å². The first kappa shape index (κ1) is 20.4. The van der Waals surface area contributed by atoms with Crippen molar-refractivity contribution in [3.05, 3.63) is 0 Å². The van der Waals surface area contributed by atoms with Crippen molar-refractivity contribution in [3.8, 4) is 0 Å². The van der Waals surface area contributed by atoms with Gasteiger partial charge < -0.3 is 19.9 Å². The number of hydrogen-bond donors (Lipinski definition) is 1. The van der Waals surface area contributed by atoms with Crippen molar-refractivity contribution < 1.29 is 28.6 Å². The van der Waals surface area contributed by atoms with Gasteiger partial charge in [-0.1, -0.05) is 0 Å². The van der Waals surface area contributed by atoms with E-state index in [2.05, 4.69) is 4.74 Å². The normalized spacial score (nSPS) is 13.5. The average molecular weight is 317 g/mol. The number of carbonyl (C=O) groups excluding carboxylic acids is 3. The summed E-state index contributed by atoms with van der Waals surface area (Å²) in [4.78, 5) is 35.8. The quantitative estimate of drug-likeness (QED) is 0.461. The molecule has 2 N–H and O–H groups in total. The Labute approximate surface area is 131 Å². The van der Waals surface area contributed by atoms with Crippen LogP contribution in [-0.2, 0) is 28.6 Å². The van der Waals surface area contributed by atoms with Gasteiger partial charge in [0.2, 0.25) is 0 Å². The summed E-state index contributed by atoms with van der Waals surface area (Å²) in [6, 6.07) is -1.12. The van der Waals surface area contributed by atoms with Crippen LogP contribution in [0.5, 0.6) is 0 Å². The van der Waals surface area contributed by atoms with Gasteiger partial charge in [0.05, 0.1) is 7.11 Å². The fourth-order valence-corrected chi connectivity index (χ4v) is 1.54. The van der Waals surface area contributed by atoms with Gasteiger partial charge >= 0.3 is 17.9 Å². The van der Waals surface area contributed by atoms with Crippen LogP contribution < -0.4 is 5.73 Å². The number of hydrogen-bond acceptors (Lipinski definition) is 7. The molecular formula is C15H27NO6. The highest BCUT2D eigenvalue weighted by atomic mass is 16.6. The van der Waals surface area contributed by atoms with Gasteiger partial charge in [0, 0.05) is 0 Å². The lowest BCUT2D eigenvalue weighted by Crippen LogP contribution is -2.42. The monoisotopic (exact) mass is 317 g/mol. The van der Waals surface area contributed by atoms with Crippen molar-refractivity contribution in [1.29, 1.82) is 0 Å². The first-order valence-corrected chi connectivity index (χ1v) is 7.06. The van der Waals surface area contributed by atoms with E-state index in [9.17, 15) is 14.4 Å². The summed E-state index contributed by atoms with van der Waals surface area (Å²) in [5, 5.41) is 0. The minimum atomic E-state index is -1.28. The summed E-state index contributed by atoms with van der Waals surface area (Å²) in [6.45, 7) is 10.1. The zero-order valence-corrected chi connectivity index (χ0v) is 14.4. The Morgan fingerprint density at radius 2 is 1.23 bits per heavy atom. The van der Waals surface area contributed by atoms with Crippen molar-refractivity contribution in [2.45, 2.75) is 65.2 Å². The Balaban J connectivity index is 5.18. The topological polar surface area (TPSA) is 105 Å². The van der Waals surface area contributed by atoms with Crippen LogP contribution in [0.2, 0.25) is 0 Å². The Hall–Kier alpha value is -1.63. The molecule has 0 aliphatic carbocycles. The number of ether oxygens (including phenoxy) is 3. The van der Waals surface area contributed by atoms with Gasteiger partial charge in [-0.05, 0) is 48.0 Å². The maximum Gasteiger partial charge on any atom is 0.322 e. The van der Waals surface area contributed by atoms with Crippen molar-refractivity contribution in [3.63, 3.8) is 0 Å². The van der Waals surface area contributed by atoms with Crippen LogP contribution >= 0.6 is 0 Å². The van der Waals surface area contributed by atoms with Crippen molar-refractivity contribution in [2.24, 2.45) is 11.7 Å². The second kappa shape index (κ2) is 7.58. The molecule has 0 spiro atoms. The molecule has 1 atom stereocenters. The molecule has 0 aromatic carbocycles. The zero-order chi connectivity index (χ0) is 17.7. The summed E-state index contributed by atoms with van der Waals surface area (Å²) < 4.78 is 14.9. The highest BCUT2D eigenvalue weighted by molar-refractivity contribution is 5.96. The molecule has 22 heavy (non-hydrogen) atoms. The van der Waals surface area contributed by atoms with Crippen LogP contribution in [0.15, 0.2) is 0 Å². The average Bonchev–Trinajstić information content (AvgIpc) is 2.29. The molecular weight excluding hydrogens is 290 g/mol. The molecule has 128 valence electrons. The van der Waals surface area contributed by atoms with Gasteiger partial charge in [-0.25, -0.2) is 0 Å². The van der Waals surface area contributed by atoms with Crippen LogP contribution in [0.1, 0.15) is 48.0 Å². The molecule has 0 saturated heterocycles. The van der Waals surface area contributed by atoms with Gasteiger partial charge in [-0.2, -0.15) is 0 Å². The molecule has 7 nitrogen and oxygen atoms in total. The number of rotatable bonds is 5. The van der Waals surface area contributed by atoms with Crippen molar-refractivity contribution >= 4 is 17.9 Å². The predicted octanol–water partition coefficient (Wildman–Crippen LogP) is 1.18. The Morgan fingerprint density at radius 3 is 1.50 bits per heavy atom. The molecule has 0 radical (unpaired) electrons. The Morgan fingerprint density at radius 1 is 0.864 bits per heavy atom. The lowest BCUT2D eigenvalue weighted by Gasteiger charge is -2.27. The van der Waals surface area contributed by atoms with Crippen molar-refractivity contribution in [1.82, 2.24) is 0 Å². The predicted molar refractivity (Wildman–Crippen MR) is 79.8 cm³/mol. The summed E-state index contributed by atoms with van der Waals surface area (Å²) in [7, 11) is 1.18. The summed E-state index contributed by atoms with van der Waals surface area (Å²) in [6.07, 6.45) is -0.240. The molecule has 0 aromatic heterocycles. The zero-order valence-electron chi connectivity index (χ0n) is 14.4. The van der Waals surface area contributed by atoms with Crippen LogP contribution in [0.4, 0.5) is 0 Å². The number of esters is 3. The van der Waals surface area contributed by atoms with E-state index in [-0.39, 0.29) is 6.42 Å². The van der Waals surface area contributed by atoms with Crippen LogP contribution in [-0.4, -0.2) is 42.3 Å². The molecule has 0 aliphatic heterocycles. The molecule has 0 fully saturated rings. The number of methoxy groups -OCH3 is 1. The fourth-order valence-electron chi connectivity index (χ4n) is 1.54. The van der Waals surface area contributed by atoms with Crippen LogP contribution in [0, 0.1) is 5.92 Å². The SMILES string of the molecule is COC(=O)C(N)CC(C(=O)OC(C)(C)C)C(=O)OC(C)(C)C. The minimum Gasteiger partial charge on any atom is -0.468 e. The van der Waals surface area contributed by atoms with Crippen LogP contribution in [0.3, 0.4) is 0 Å². The van der Waals surface area contributed by atoms with E-state index < -0.39 is 41.1 Å². The smallest absolute Gasteiger partial charge is 0.322 e. The summed E-state index contributed by atoms with van der Waals surface area (Å²) in [5.41, 5.74) is 4.10. The van der Waals surface area contributed by atoms with Crippen LogP contribution in [0.25, 0.3) is 0 Å². The van der Waals surface area contributed by atoms with E-state index in [1.807, 2.05) is 0 Å². The van der Waals surface area contributed by atoms with Crippen molar-refractivity contribution in [2.75, 3.05) is 7.11 Å². The van der Waals surface area contributed by atoms with E-state index >= 15 is 0 Å². The van der Waals surface area contributed by atoms with Gasteiger partial charge in [-0.3, -0.25) is 14.4 Å². The molecule has 0 heterocycles. The maximum atomic E-state index is 12.2. The first-order chi connectivity index (χ1) is 9.76. The highest BCUT2D eigenvalue weighted by Crippen LogP contribution is 2.19.